The van der Waals surface area contributed by atoms with E-state index in [4.69, 9.17) is 0 Å². The molecule has 1 N–H and O–H groups in total. The number of hydrogen-bond acceptors (Lipinski definition) is 3. The Morgan fingerprint density at radius 3 is 2.44 bits per heavy atom. The number of carbonyl (C=O) groups is 1. The van der Waals surface area contributed by atoms with Gasteiger partial charge < -0.3 is 10.2 Å². The summed E-state index contributed by atoms with van der Waals surface area (Å²) in [5, 5.41) is 3.26. The first-order chi connectivity index (χ1) is 7.68. The average Bonchev–Trinajstić information content (AvgIpc) is 2.81. The Balaban J connectivity index is 1.81. The molecule has 0 saturated carbocycles. The quantitative estimate of drug-likeness (QED) is 0.726. The van der Waals surface area contributed by atoms with Crippen LogP contribution in [0.1, 0.15) is 20.3 Å². The minimum absolute atomic E-state index is 0.241. The van der Waals surface area contributed by atoms with Crippen molar-refractivity contribution in [3.8, 4) is 0 Å². The van der Waals surface area contributed by atoms with Crippen LogP contribution in [0.5, 0.6) is 0 Å². The van der Waals surface area contributed by atoms with E-state index >= 15 is 0 Å². The zero-order valence-corrected chi connectivity index (χ0v) is 10.4. The maximum absolute atomic E-state index is 12.1. The van der Waals surface area contributed by atoms with Crippen LogP contribution in [0.4, 0.5) is 0 Å². The molecule has 1 atom stereocenters. The first-order valence-electron chi connectivity index (χ1n) is 6.42. The molecule has 2 rings (SSSR count). The fourth-order valence-electron chi connectivity index (χ4n) is 2.58. The highest BCUT2D eigenvalue weighted by Crippen LogP contribution is 2.14. The molecule has 0 aromatic heterocycles. The minimum Gasteiger partial charge on any atom is -0.340 e. The van der Waals surface area contributed by atoms with Gasteiger partial charge in [0, 0.05) is 38.8 Å². The molecule has 0 unspecified atom stereocenters. The van der Waals surface area contributed by atoms with E-state index in [1.165, 1.54) is 0 Å². The predicted octanol–water partition coefficient (Wildman–Crippen LogP) is 0.149. The van der Waals surface area contributed by atoms with Crippen molar-refractivity contribution in [3.05, 3.63) is 0 Å². The van der Waals surface area contributed by atoms with Crippen LogP contribution in [0, 0.1) is 5.92 Å². The molecule has 0 aliphatic carbocycles. The molecular weight excluding hydrogens is 202 g/mol. The fourth-order valence-corrected chi connectivity index (χ4v) is 2.58. The molecule has 4 heteroatoms. The molecule has 2 heterocycles. The van der Waals surface area contributed by atoms with E-state index in [-0.39, 0.29) is 5.92 Å². The van der Waals surface area contributed by atoms with E-state index in [9.17, 15) is 4.79 Å². The molecule has 16 heavy (non-hydrogen) atoms. The molecule has 2 aliphatic rings. The van der Waals surface area contributed by atoms with Crippen LogP contribution in [0.2, 0.25) is 0 Å². The highest BCUT2D eigenvalue weighted by atomic mass is 16.2. The zero-order chi connectivity index (χ0) is 11.5. The van der Waals surface area contributed by atoms with Crippen LogP contribution in [-0.2, 0) is 4.79 Å². The lowest BCUT2D eigenvalue weighted by Crippen LogP contribution is -2.52. The highest BCUT2D eigenvalue weighted by Gasteiger charge is 2.29. The predicted molar refractivity (Wildman–Crippen MR) is 64.3 cm³/mol. The van der Waals surface area contributed by atoms with Gasteiger partial charge in [-0.05, 0) is 26.8 Å². The third-order valence-electron chi connectivity index (χ3n) is 3.77. The monoisotopic (exact) mass is 225 g/mol. The Hall–Kier alpha value is -0.610. The smallest absolute Gasteiger partial charge is 0.227 e. The molecule has 0 aromatic rings. The standard InChI is InChI=1S/C12H23N3O/c1-10(2)14-5-7-15(8-6-14)12(16)11-3-4-13-9-11/h10-11,13H,3-9H2,1-2H3/t11-/m1/s1. The van der Waals surface area contributed by atoms with Crippen LogP contribution in [0.15, 0.2) is 0 Å². The third kappa shape index (κ3) is 2.55. The summed E-state index contributed by atoms with van der Waals surface area (Å²) in [5.74, 6) is 0.610. The number of rotatable bonds is 2. The zero-order valence-electron chi connectivity index (χ0n) is 10.4. The van der Waals surface area contributed by atoms with Gasteiger partial charge in [-0.25, -0.2) is 0 Å². The summed E-state index contributed by atoms with van der Waals surface area (Å²) in [6.45, 7) is 10.2. The molecule has 92 valence electrons. The van der Waals surface area contributed by atoms with Gasteiger partial charge in [-0.15, -0.1) is 0 Å². The van der Waals surface area contributed by atoms with E-state index in [2.05, 4.69) is 29.0 Å². The second kappa shape index (κ2) is 5.15. The van der Waals surface area contributed by atoms with Crippen LogP contribution in [-0.4, -0.2) is 61.0 Å². The topological polar surface area (TPSA) is 35.6 Å². The Morgan fingerprint density at radius 1 is 1.25 bits per heavy atom. The van der Waals surface area contributed by atoms with Crippen molar-refractivity contribution in [2.45, 2.75) is 26.3 Å². The van der Waals surface area contributed by atoms with E-state index < -0.39 is 0 Å². The third-order valence-corrected chi connectivity index (χ3v) is 3.77. The summed E-state index contributed by atoms with van der Waals surface area (Å²) < 4.78 is 0. The van der Waals surface area contributed by atoms with Gasteiger partial charge in [0.1, 0.15) is 0 Å². The Labute approximate surface area is 98.0 Å². The van der Waals surface area contributed by atoms with Gasteiger partial charge in [0.05, 0.1) is 5.92 Å². The lowest BCUT2D eigenvalue weighted by molar-refractivity contribution is -0.136. The van der Waals surface area contributed by atoms with Gasteiger partial charge in [-0.2, -0.15) is 0 Å². The van der Waals surface area contributed by atoms with Crippen molar-refractivity contribution in [3.63, 3.8) is 0 Å². The largest absolute Gasteiger partial charge is 0.340 e. The van der Waals surface area contributed by atoms with E-state index in [0.29, 0.717) is 11.9 Å². The van der Waals surface area contributed by atoms with Gasteiger partial charge in [0.25, 0.3) is 0 Å². The lowest BCUT2D eigenvalue weighted by Gasteiger charge is -2.37. The number of nitrogens with zero attached hydrogens (tertiary/aromatic N) is 2. The van der Waals surface area contributed by atoms with Gasteiger partial charge in [0.2, 0.25) is 5.91 Å². The Morgan fingerprint density at radius 2 is 1.94 bits per heavy atom. The van der Waals surface area contributed by atoms with Gasteiger partial charge in [-0.3, -0.25) is 9.69 Å². The summed E-state index contributed by atoms with van der Waals surface area (Å²) in [6.07, 6.45) is 1.02. The number of nitrogens with one attached hydrogen (secondary N) is 1. The van der Waals surface area contributed by atoms with E-state index in [1.54, 1.807) is 0 Å². The number of carbonyl (C=O) groups excluding carboxylic acids is 1. The van der Waals surface area contributed by atoms with Crippen molar-refractivity contribution in [1.29, 1.82) is 0 Å². The molecule has 0 aromatic carbocycles. The second-order valence-electron chi connectivity index (χ2n) is 5.14. The molecule has 0 bridgehead atoms. The molecule has 1 amide bonds. The highest BCUT2D eigenvalue weighted by molar-refractivity contribution is 5.79. The summed E-state index contributed by atoms with van der Waals surface area (Å²) in [6, 6.07) is 0.602. The molecule has 0 spiro atoms. The average molecular weight is 225 g/mol. The first-order valence-corrected chi connectivity index (χ1v) is 6.42. The van der Waals surface area contributed by atoms with Gasteiger partial charge >= 0.3 is 0 Å². The van der Waals surface area contributed by atoms with Crippen molar-refractivity contribution in [2.75, 3.05) is 39.3 Å². The summed E-state index contributed by atoms with van der Waals surface area (Å²) in [5.41, 5.74) is 0. The maximum atomic E-state index is 12.1. The van der Waals surface area contributed by atoms with Crippen LogP contribution < -0.4 is 5.32 Å². The minimum atomic E-state index is 0.241. The molecule has 4 nitrogen and oxygen atoms in total. The summed E-state index contributed by atoms with van der Waals surface area (Å²) in [7, 11) is 0. The molecular formula is C12H23N3O. The second-order valence-corrected chi connectivity index (χ2v) is 5.14. The van der Waals surface area contributed by atoms with Crippen molar-refractivity contribution < 1.29 is 4.79 Å². The van der Waals surface area contributed by atoms with Crippen LogP contribution in [0.25, 0.3) is 0 Å². The number of hydrogen-bond donors (Lipinski definition) is 1. The first kappa shape index (κ1) is 11.9. The summed E-state index contributed by atoms with van der Waals surface area (Å²) in [4.78, 5) is 16.6. The lowest BCUT2D eigenvalue weighted by atomic mass is 10.1. The van der Waals surface area contributed by atoms with Gasteiger partial charge in [0.15, 0.2) is 0 Å². The van der Waals surface area contributed by atoms with Gasteiger partial charge in [-0.1, -0.05) is 0 Å². The van der Waals surface area contributed by atoms with Crippen molar-refractivity contribution >= 4 is 5.91 Å². The SMILES string of the molecule is CC(C)N1CCN(C(=O)[C@@H]2CCNC2)CC1. The molecule has 0 radical (unpaired) electrons. The van der Waals surface area contributed by atoms with E-state index in [1.807, 2.05) is 0 Å². The Bertz CT molecular complexity index is 241. The summed E-state index contributed by atoms with van der Waals surface area (Å²) >= 11 is 0. The fraction of sp³-hybridized carbons (Fsp3) is 0.917. The van der Waals surface area contributed by atoms with Crippen LogP contribution >= 0.6 is 0 Å². The van der Waals surface area contributed by atoms with Crippen molar-refractivity contribution in [2.24, 2.45) is 5.92 Å². The van der Waals surface area contributed by atoms with Crippen molar-refractivity contribution in [1.82, 2.24) is 15.1 Å². The van der Waals surface area contributed by atoms with Crippen LogP contribution in [0.3, 0.4) is 0 Å². The van der Waals surface area contributed by atoms with E-state index in [0.717, 1.165) is 45.7 Å². The Kier molecular flexibility index (Phi) is 3.82. The number of piperazine rings is 1. The number of amides is 1. The molecule has 2 saturated heterocycles. The molecule has 2 aliphatic heterocycles. The molecule has 2 fully saturated rings. The maximum Gasteiger partial charge on any atom is 0.227 e. The normalized spacial score (nSPS) is 27.7.